The summed E-state index contributed by atoms with van der Waals surface area (Å²) in [6, 6.07) is 58.6. The molecule has 2 heterocycles. The van der Waals surface area contributed by atoms with Crippen LogP contribution >= 0.6 is 0 Å². The first-order chi connectivity index (χ1) is 24.0. The fraction of sp³-hybridized carbons (Fsp3) is 0.0870. The number of fused-ring (bicyclic) bond motifs is 4. The first-order valence-corrected chi connectivity index (χ1v) is 16.9. The predicted molar refractivity (Wildman–Crippen MR) is 204 cm³/mol. The van der Waals surface area contributed by atoms with Gasteiger partial charge in [0, 0.05) is 22.5 Å². The number of hydrogen-bond acceptors (Lipinski definition) is 3. The molecule has 49 heavy (non-hydrogen) atoms. The van der Waals surface area contributed by atoms with E-state index in [1.807, 2.05) is 0 Å². The number of aryl methyl sites for hydroxylation is 1. The minimum Gasteiger partial charge on any atom is -0.453 e. The third-order valence-corrected chi connectivity index (χ3v) is 10.1. The molecule has 2 aliphatic rings. The minimum absolute atomic E-state index is 0.231. The molecule has 0 fully saturated rings. The van der Waals surface area contributed by atoms with Gasteiger partial charge in [-0.3, -0.25) is 0 Å². The van der Waals surface area contributed by atoms with Gasteiger partial charge in [-0.2, -0.15) is 0 Å². The lowest BCUT2D eigenvalue weighted by atomic mass is 9.72. The predicted octanol–water partition coefficient (Wildman–Crippen LogP) is 13.0. The van der Waals surface area contributed by atoms with Gasteiger partial charge in [0.25, 0.3) is 0 Å². The van der Waals surface area contributed by atoms with E-state index in [4.69, 9.17) is 4.74 Å². The highest BCUT2D eigenvalue weighted by atomic mass is 16.5. The zero-order valence-electron chi connectivity index (χ0n) is 27.9. The van der Waals surface area contributed by atoms with Crippen LogP contribution in [0.5, 0.6) is 11.5 Å². The third kappa shape index (κ3) is 4.73. The number of ether oxygens (including phenoxy) is 1. The molecule has 0 saturated heterocycles. The van der Waals surface area contributed by atoms with Crippen molar-refractivity contribution in [2.75, 3.05) is 9.80 Å². The lowest BCUT2D eigenvalue weighted by Crippen LogP contribution is -2.32. The van der Waals surface area contributed by atoms with Crippen LogP contribution in [0.3, 0.4) is 0 Å². The number of hydrogen-bond donors (Lipinski definition) is 0. The van der Waals surface area contributed by atoms with Gasteiger partial charge in [-0.25, -0.2) is 0 Å². The maximum absolute atomic E-state index is 6.79. The van der Waals surface area contributed by atoms with E-state index >= 15 is 0 Å². The Labute approximate surface area is 288 Å². The van der Waals surface area contributed by atoms with Crippen LogP contribution in [0.15, 0.2) is 164 Å². The Bertz CT molecular complexity index is 2340. The molecule has 7 aromatic rings. The van der Waals surface area contributed by atoms with Crippen LogP contribution in [0, 0.1) is 6.92 Å². The van der Waals surface area contributed by atoms with Gasteiger partial charge in [0.1, 0.15) is 0 Å². The van der Waals surface area contributed by atoms with E-state index in [-0.39, 0.29) is 5.41 Å². The van der Waals surface area contributed by atoms with E-state index in [2.05, 4.69) is 194 Å². The molecule has 7 aromatic carbocycles. The van der Waals surface area contributed by atoms with E-state index in [1.165, 1.54) is 33.5 Å². The monoisotopic (exact) mass is 632 g/mol. The van der Waals surface area contributed by atoms with Crippen molar-refractivity contribution < 1.29 is 4.74 Å². The van der Waals surface area contributed by atoms with Crippen LogP contribution in [0.2, 0.25) is 0 Å². The van der Waals surface area contributed by atoms with Gasteiger partial charge in [-0.05, 0) is 107 Å². The number of nitrogens with zero attached hydrogens (tertiary/aromatic N) is 2. The van der Waals surface area contributed by atoms with Gasteiger partial charge in [0.2, 0.25) is 0 Å². The first kappa shape index (κ1) is 29.1. The molecule has 0 unspecified atom stereocenters. The molecule has 3 nitrogen and oxygen atoms in total. The summed E-state index contributed by atoms with van der Waals surface area (Å²) in [5, 5.41) is 0. The van der Waals surface area contributed by atoms with Crippen LogP contribution in [0.4, 0.5) is 34.1 Å². The molecular weight excluding hydrogens is 597 g/mol. The molecule has 9 rings (SSSR count). The average molecular weight is 633 g/mol. The SMILES string of the molecule is Cc1cccc2c1N1c3ccccc3C(C)(C)c3cc(-c4cccc(N(c5ccccc5)c5ccc(-c6ccccc6)cc5)c4)cc(c31)O2. The molecule has 0 aliphatic carbocycles. The van der Waals surface area contributed by atoms with Crippen LogP contribution in [-0.4, -0.2) is 0 Å². The first-order valence-electron chi connectivity index (χ1n) is 16.9. The van der Waals surface area contributed by atoms with Crippen molar-refractivity contribution in [1.29, 1.82) is 0 Å². The van der Waals surface area contributed by atoms with Crippen molar-refractivity contribution in [2.45, 2.75) is 26.2 Å². The lowest BCUT2D eigenvalue weighted by molar-refractivity contribution is 0.471. The summed E-state index contributed by atoms with van der Waals surface area (Å²) in [5.74, 6) is 1.77. The molecule has 0 atom stereocenters. The summed E-state index contributed by atoms with van der Waals surface area (Å²) in [5.41, 5.74) is 15.0. The van der Waals surface area contributed by atoms with E-state index in [9.17, 15) is 0 Å². The molecule has 236 valence electrons. The highest BCUT2D eigenvalue weighted by Crippen LogP contribution is 2.61. The molecule has 3 heteroatoms. The van der Waals surface area contributed by atoms with Gasteiger partial charge < -0.3 is 14.5 Å². The fourth-order valence-corrected chi connectivity index (χ4v) is 7.66. The van der Waals surface area contributed by atoms with Crippen LogP contribution in [-0.2, 0) is 5.41 Å². The number of anilines is 6. The summed E-state index contributed by atoms with van der Waals surface area (Å²) in [4.78, 5) is 4.76. The van der Waals surface area contributed by atoms with Crippen molar-refractivity contribution in [3.05, 3.63) is 180 Å². The maximum atomic E-state index is 6.79. The van der Waals surface area contributed by atoms with Crippen LogP contribution < -0.4 is 14.5 Å². The lowest BCUT2D eigenvalue weighted by Gasteiger charge is -2.45. The zero-order valence-corrected chi connectivity index (χ0v) is 27.9. The van der Waals surface area contributed by atoms with E-state index in [0.29, 0.717) is 0 Å². The molecule has 2 aliphatic heterocycles. The number of para-hydroxylation sites is 3. The highest BCUT2D eigenvalue weighted by Gasteiger charge is 2.42. The van der Waals surface area contributed by atoms with Crippen molar-refractivity contribution in [3.63, 3.8) is 0 Å². The van der Waals surface area contributed by atoms with Crippen molar-refractivity contribution in [2.24, 2.45) is 0 Å². The van der Waals surface area contributed by atoms with E-state index in [0.717, 1.165) is 51.1 Å². The summed E-state index contributed by atoms with van der Waals surface area (Å²) >= 11 is 0. The molecule has 0 spiro atoms. The third-order valence-electron chi connectivity index (χ3n) is 10.1. The Hall–Kier alpha value is -6.06. The summed E-state index contributed by atoms with van der Waals surface area (Å²) in [7, 11) is 0. The van der Waals surface area contributed by atoms with Crippen molar-refractivity contribution in [3.8, 4) is 33.8 Å². The average Bonchev–Trinajstić information content (AvgIpc) is 3.14. The van der Waals surface area contributed by atoms with Gasteiger partial charge >= 0.3 is 0 Å². The Morgan fingerprint density at radius 2 is 1.10 bits per heavy atom. The van der Waals surface area contributed by atoms with E-state index < -0.39 is 0 Å². The molecule has 0 aromatic heterocycles. The van der Waals surface area contributed by atoms with E-state index in [1.54, 1.807) is 0 Å². The van der Waals surface area contributed by atoms with Gasteiger partial charge in [-0.1, -0.05) is 117 Å². The molecule has 0 N–H and O–H groups in total. The number of rotatable bonds is 5. The molecular formula is C46H36N2O. The maximum Gasteiger partial charge on any atom is 0.152 e. The quantitative estimate of drug-likeness (QED) is 0.188. The Kier molecular flexibility index (Phi) is 6.70. The summed E-state index contributed by atoms with van der Waals surface area (Å²) < 4.78 is 6.79. The van der Waals surface area contributed by atoms with Gasteiger partial charge in [0.05, 0.1) is 17.1 Å². The minimum atomic E-state index is -0.231. The van der Waals surface area contributed by atoms with Crippen molar-refractivity contribution >= 4 is 34.1 Å². The highest BCUT2D eigenvalue weighted by molar-refractivity contribution is 5.96. The van der Waals surface area contributed by atoms with Crippen LogP contribution in [0.25, 0.3) is 22.3 Å². The zero-order chi connectivity index (χ0) is 33.1. The smallest absolute Gasteiger partial charge is 0.152 e. The Balaban J connectivity index is 1.19. The van der Waals surface area contributed by atoms with Crippen molar-refractivity contribution in [1.82, 2.24) is 0 Å². The normalized spacial score (nSPS) is 13.5. The molecule has 0 radical (unpaired) electrons. The van der Waals surface area contributed by atoms with Crippen LogP contribution in [0.1, 0.15) is 30.5 Å². The van der Waals surface area contributed by atoms with Gasteiger partial charge in [-0.15, -0.1) is 0 Å². The Morgan fingerprint density at radius 1 is 0.469 bits per heavy atom. The second-order valence-corrected chi connectivity index (χ2v) is 13.5. The molecule has 0 bridgehead atoms. The second-order valence-electron chi connectivity index (χ2n) is 13.5. The second kappa shape index (κ2) is 11.3. The topological polar surface area (TPSA) is 15.7 Å². The summed E-state index contributed by atoms with van der Waals surface area (Å²) in [6.45, 7) is 6.84. The molecule has 0 saturated carbocycles. The van der Waals surface area contributed by atoms with Gasteiger partial charge in [0.15, 0.2) is 11.5 Å². The molecule has 0 amide bonds. The largest absolute Gasteiger partial charge is 0.453 e. The fourth-order valence-electron chi connectivity index (χ4n) is 7.66. The number of benzene rings is 7. The Morgan fingerprint density at radius 3 is 1.90 bits per heavy atom. The standard InChI is InChI=1S/C46H36N2O/c1-31-14-12-23-42-44(31)48-41-22-11-10-21-39(41)46(2,3)40-29-35(30-43(49-42)45(40)48)34-17-13-20-38(28-34)47(36-18-8-5-9-19-36)37-26-24-33(25-27-37)32-15-6-4-7-16-32/h4-30H,1-3H3. The summed E-state index contributed by atoms with van der Waals surface area (Å²) in [6.07, 6.45) is 0.